The van der Waals surface area contributed by atoms with Gasteiger partial charge in [0.15, 0.2) is 5.13 Å². The maximum atomic E-state index is 13.2. The van der Waals surface area contributed by atoms with Crippen LogP contribution < -0.4 is 4.90 Å². The third kappa shape index (κ3) is 4.71. The fourth-order valence-corrected chi connectivity index (χ4v) is 3.89. The number of nitrogens with zero attached hydrogens (tertiary/aromatic N) is 3. The van der Waals surface area contributed by atoms with Gasteiger partial charge in [-0.25, -0.2) is 9.78 Å². The molecule has 1 amide bonds. The monoisotopic (exact) mass is 413 g/mol. The summed E-state index contributed by atoms with van der Waals surface area (Å²) in [6.07, 6.45) is 0.140. The van der Waals surface area contributed by atoms with Crippen LogP contribution in [0.5, 0.6) is 0 Å². The Balaban J connectivity index is 1.94. The predicted octanol–water partition coefficient (Wildman–Crippen LogP) is 4.01. The van der Waals surface area contributed by atoms with Gasteiger partial charge in [-0.1, -0.05) is 46.8 Å². The van der Waals surface area contributed by atoms with Crippen molar-refractivity contribution in [3.05, 3.63) is 63.5 Å². The van der Waals surface area contributed by atoms with Gasteiger partial charge in [0.05, 0.1) is 31.0 Å². The van der Waals surface area contributed by atoms with Crippen LogP contribution >= 0.6 is 11.3 Å². The quantitative estimate of drug-likeness (QED) is 0.544. The van der Waals surface area contributed by atoms with Crippen molar-refractivity contribution in [1.29, 1.82) is 0 Å². The van der Waals surface area contributed by atoms with Gasteiger partial charge in [-0.2, -0.15) is 0 Å². The number of carbonyl (C=O) groups excluding carboxylic acids is 2. The number of benzene rings is 1. The van der Waals surface area contributed by atoms with Gasteiger partial charge in [-0.3, -0.25) is 9.69 Å². The number of aromatic nitrogens is 2. The molecule has 0 radical (unpaired) electrons. The van der Waals surface area contributed by atoms with E-state index >= 15 is 0 Å². The molecule has 2 heterocycles. The summed E-state index contributed by atoms with van der Waals surface area (Å²) in [4.78, 5) is 31.9. The standard InChI is InChI=1S/C21H23N3O4S/c1-5-27-20(26)19-14(3)22-21(29-19)24(12-16-9-7-6-8-10-16)18(25)11-17-13(2)23-28-15(17)4/h6-10H,5,11-12H2,1-4H3. The topological polar surface area (TPSA) is 85.5 Å². The summed E-state index contributed by atoms with van der Waals surface area (Å²) in [7, 11) is 0. The van der Waals surface area contributed by atoms with Crippen LogP contribution in [0, 0.1) is 20.8 Å². The number of hydrogen-bond donors (Lipinski definition) is 0. The molecule has 0 atom stereocenters. The summed E-state index contributed by atoms with van der Waals surface area (Å²) in [5.74, 6) is 0.0528. The maximum Gasteiger partial charge on any atom is 0.350 e. The molecule has 0 aliphatic rings. The van der Waals surface area contributed by atoms with Crippen molar-refractivity contribution in [1.82, 2.24) is 10.1 Å². The smallest absolute Gasteiger partial charge is 0.350 e. The Morgan fingerprint density at radius 1 is 1.14 bits per heavy atom. The molecule has 0 aliphatic heterocycles. The molecular weight excluding hydrogens is 390 g/mol. The Morgan fingerprint density at radius 2 is 1.86 bits per heavy atom. The van der Waals surface area contributed by atoms with Gasteiger partial charge >= 0.3 is 5.97 Å². The van der Waals surface area contributed by atoms with Crippen molar-refractivity contribution < 1.29 is 18.8 Å². The summed E-state index contributed by atoms with van der Waals surface area (Å²) in [5, 5.41) is 4.39. The third-order valence-corrected chi connectivity index (χ3v) is 5.63. The van der Waals surface area contributed by atoms with Crippen LogP contribution in [-0.4, -0.2) is 28.6 Å². The molecule has 1 aromatic carbocycles. The molecule has 0 spiro atoms. The van der Waals surface area contributed by atoms with Gasteiger partial charge in [0.25, 0.3) is 0 Å². The molecule has 0 saturated heterocycles. The van der Waals surface area contributed by atoms with Crippen LogP contribution in [0.3, 0.4) is 0 Å². The number of aryl methyl sites for hydroxylation is 3. The van der Waals surface area contributed by atoms with Crippen LogP contribution in [0.15, 0.2) is 34.9 Å². The third-order valence-electron chi connectivity index (χ3n) is 4.47. The summed E-state index contributed by atoms with van der Waals surface area (Å²) < 4.78 is 10.3. The molecule has 0 aliphatic carbocycles. The fourth-order valence-electron chi connectivity index (χ4n) is 2.91. The average molecular weight is 413 g/mol. The predicted molar refractivity (Wildman–Crippen MR) is 110 cm³/mol. The molecule has 0 fully saturated rings. The minimum absolute atomic E-state index is 0.140. The lowest BCUT2D eigenvalue weighted by Crippen LogP contribution is -2.32. The van der Waals surface area contributed by atoms with Gasteiger partial charge in [-0.15, -0.1) is 0 Å². The maximum absolute atomic E-state index is 13.2. The molecule has 3 aromatic rings. The van der Waals surface area contributed by atoms with Crippen molar-refractivity contribution in [3.63, 3.8) is 0 Å². The molecule has 3 rings (SSSR count). The zero-order valence-corrected chi connectivity index (χ0v) is 17.7. The number of anilines is 1. The Morgan fingerprint density at radius 3 is 2.48 bits per heavy atom. The highest BCUT2D eigenvalue weighted by molar-refractivity contribution is 7.17. The minimum Gasteiger partial charge on any atom is -0.462 e. The number of ether oxygens (including phenoxy) is 1. The first kappa shape index (κ1) is 20.7. The fraction of sp³-hybridized carbons (Fsp3) is 0.333. The van der Waals surface area contributed by atoms with Crippen molar-refractivity contribution in [2.24, 2.45) is 0 Å². The molecule has 7 nitrogen and oxygen atoms in total. The van der Waals surface area contributed by atoms with E-state index in [2.05, 4.69) is 10.1 Å². The van der Waals surface area contributed by atoms with Crippen LogP contribution in [-0.2, 0) is 22.5 Å². The molecular formula is C21H23N3O4S. The largest absolute Gasteiger partial charge is 0.462 e. The second kappa shape index (κ2) is 9.00. The first-order valence-corrected chi connectivity index (χ1v) is 10.1. The number of carbonyl (C=O) groups is 2. The number of rotatable bonds is 7. The van der Waals surface area contributed by atoms with Gasteiger partial charge in [0.1, 0.15) is 10.6 Å². The second-order valence-electron chi connectivity index (χ2n) is 6.58. The molecule has 2 aromatic heterocycles. The van der Waals surface area contributed by atoms with E-state index in [9.17, 15) is 9.59 Å². The van der Waals surface area contributed by atoms with E-state index in [0.717, 1.165) is 22.5 Å². The second-order valence-corrected chi connectivity index (χ2v) is 7.55. The summed E-state index contributed by atoms with van der Waals surface area (Å²) in [6.45, 7) is 7.72. The molecule has 0 bridgehead atoms. The van der Waals surface area contributed by atoms with Crippen molar-refractivity contribution >= 4 is 28.3 Å². The number of esters is 1. The zero-order chi connectivity index (χ0) is 21.0. The van der Waals surface area contributed by atoms with E-state index in [1.54, 1.807) is 25.7 Å². The summed E-state index contributed by atoms with van der Waals surface area (Å²) in [6, 6.07) is 9.66. The first-order chi connectivity index (χ1) is 13.9. The molecule has 8 heteroatoms. The Labute approximate surface area is 173 Å². The Hall–Kier alpha value is -3.00. The van der Waals surface area contributed by atoms with Crippen molar-refractivity contribution in [3.8, 4) is 0 Å². The van der Waals surface area contributed by atoms with E-state index in [1.807, 2.05) is 37.3 Å². The van der Waals surface area contributed by atoms with E-state index in [4.69, 9.17) is 9.26 Å². The molecule has 0 saturated carbocycles. The lowest BCUT2D eigenvalue weighted by molar-refractivity contribution is -0.118. The molecule has 152 valence electrons. The van der Waals surface area contributed by atoms with Crippen LogP contribution in [0.4, 0.5) is 5.13 Å². The van der Waals surface area contributed by atoms with Crippen molar-refractivity contribution in [2.45, 2.75) is 40.7 Å². The van der Waals surface area contributed by atoms with Crippen LogP contribution in [0.25, 0.3) is 0 Å². The van der Waals surface area contributed by atoms with Crippen LogP contribution in [0.1, 0.15) is 44.9 Å². The van der Waals surface area contributed by atoms with Gasteiger partial charge in [0.2, 0.25) is 5.91 Å². The molecule has 0 unspecified atom stereocenters. The van der Waals surface area contributed by atoms with Crippen LogP contribution in [0.2, 0.25) is 0 Å². The summed E-state index contributed by atoms with van der Waals surface area (Å²) >= 11 is 1.16. The first-order valence-electron chi connectivity index (χ1n) is 9.31. The summed E-state index contributed by atoms with van der Waals surface area (Å²) in [5.41, 5.74) is 2.97. The van der Waals surface area contributed by atoms with E-state index in [1.165, 1.54) is 0 Å². The Bertz CT molecular complexity index is 991. The number of thiazole rings is 1. The zero-order valence-electron chi connectivity index (χ0n) is 16.9. The SMILES string of the molecule is CCOC(=O)c1sc(N(Cc2ccccc2)C(=O)Cc2c(C)noc2C)nc1C. The molecule has 0 N–H and O–H groups in total. The van der Waals surface area contributed by atoms with Gasteiger partial charge < -0.3 is 9.26 Å². The highest BCUT2D eigenvalue weighted by atomic mass is 32.1. The van der Waals surface area contributed by atoms with Gasteiger partial charge in [0, 0.05) is 5.56 Å². The lowest BCUT2D eigenvalue weighted by Gasteiger charge is -2.20. The normalized spacial score (nSPS) is 10.8. The number of amides is 1. The highest BCUT2D eigenvalue weighted by Crippen LogP contribution is 2.29. The molecule has 29 heavy (non-hydrogen) atoms. The average Bonchev–Trinajstić information content (AvgIpc) is 3.24. The highest BCUT2D eigenvalue weighted by Gasteiger charge is 2.26. The minimum atomic E-state index is -0.424. The lowest BCUT2D eigenvalue weighted by atomic mass is 10.1. The number of hydrogen-bond acceptors (Lipinski definition) is 7. The van der Waals surface area contributed by atoms with Gasteiger partial charge in [-0.05, 0) is 33.3 Å². The van der Waals surface area contributed by atoms with Crippen molar-refractivity contribution in [2.75, 3.05) is 11.5 Å². The Kier molecular flexibility index (Phi) is 6.43. The van der Waals surface area contributed by atoms with E-state index < -0.39 is 5.97 Å². The van der Waals surface area contributed by atoms with E-state index in [0.29, 0.717) is 33.7 Å². The van der Waals surface area contributed by atoms with E-state index in [-0.39, 0.29) is 18.9 Å².